The summed E-state index contributed by atoms with van der Waals surface area (Å²) >= 11 is 0. The molecule has 1 N–H and O–H groups in total. The molecular weight excluding hydrogens is 410 g/mol. The van der Waals surface area contributed by atoms with Crippen molar-refractivity contribution < 1.29 is 4.79 Å². The quantitative estimate of drug-likeness (QED) is 0.422. The van der Waals surface area contributed by atoms with E-state index in [1.807, 2.05) is 91.5 Å². The van der Waals surface area contributed by atoms with Gasteiger partial charge in [-0.05, 0) is 56.3 Å². The Labute approximate surface area is 192 Å². The van der Waals surface area contributed by atoms with Crippen LogP contribution in [0.25, 0.3) is 27.8 Å². The van der Waals surface area contributed by atoms with E-state index in [1.165, 1.54) is 0 Å². The van der Waals surface area contributed by atoms with E-state index in [4.69, 9.17) is 5.10 Å². The summed E-state index contributed by atoms with van der Waals surface area (Å²) in [5.41, 5.74) is 6.94. The second kappa shape index (κ2) is 8.67. The molecule has 0 aliphatic rings. The lowest BCUT2D eigenvalue weighted by Gasteiger charge is -2.09. The Morgan fingerprint density at radius 1 is 0.970 bits per heavy atom. The molecule has 0 atom stereocenters. The van der Waals surface area contributed by atoms with Crippen LogP contribution < -0.4 is 5.32 Å². The van der Waals surface area contributed by atoms with Gasteiger partial charge in [-0.2, -0.15) is 5.10 Å². The molecule has 0 aliphatic heterocycles. The van der Waals surface area contributed by atoms with E-state index < -0.39 is 0 Å². The number of hydrogen-bond acceptors (Lipinski definition) is 4. The smallest absolute Gasteiger partial charge is 0.253 e. The van der Waals surface area contributed by atoms with Crippen molar-refractivity contribution in [1.82, 2.24) is 25.1 Å². The van der Waals surface area contributed by atoms with Crippen molar-refractivity contribution in [2.75, 3.05) is 0 Å². The van der Waals surface area contributed by atoms with E-state index in [-0.39, 0.29) is 5.91 Å². The first-order chi connectivity index (χ1) is 16.1. The van der Waals surface area contributed by atoms with E-state index in [0.717, 1.165) is 39.0 Å². The molecule has 6 nitrogen and oxygen atoms in total. The Morgan fingerprint density at radius 3 is 2.55 bits per heavy atom. The number of aromatic nitrogens is 4. The zero-order valence-corrected chi connectivity index (χ0v) is 18.5. The Bertz CT molecular complexity index is 1440. The minimum Gasteiger partial charge on any atom is -0.348 e. The van der Waals surface area contributed by atoms with Gasteiger partial charge in [-0.25, -0.2) is 4.68 Å². The van der Waals surface area contributed by atoms with Crippen molar-refractivity contribution in [1.29, 1.82) is 0 Å². The van der Waals surface area contributed by atoms with Gasteiger partial charge in [0.25, 0.3) is 5.91 Å². The van der Waals surface area contributed by atoms with E-state index in [2.05, 4.69) is 15.3 Å². The summed E-state index contributed by atoms with van der Waals surface area (Å²) in [7, 11) is 0. The zero-order chi connectivity index (χ0) is 22.8. The van der Waals surface area contributed by atoms with Crippen LogP contribution in [0.5, 0.6) is 0 Å². The van der Waals surface area contributed by atoms with Crippen molar-refractivity contribution in [3.8, 4) is 16.9 Å². The molecule has 0 radical (unpaired) electrons. The van der Waals surface area contributed by atoms with Gasteiger partial charge in [0.2, 0.25) is 0 Å². The summed E-state index contributed by atoms with van der Waals surface area (Å²) in [4.78, 5) is 21.8. The molecule has 0 fully saturated rings. The molecule has 0 saturated carbocycles. The van der Waals surface area contributed by atoms with Crippen molar-refractivity contribution in [3.63, 3.8) is 0 Å². The van der Waals surface area contributed by atoms with Crippen molar-refractivity contribution >= 4 is 16.8 Å². The summed E-state index contributed by atoms with van der Waals surface area (Å²) < 4.78 is 1.84. The van der Waals surface area contributed by atoms with E-state index in [0.29, 0.717) is 17.8 Å². The van der Waals surface area contributed by atoms with Gasteiger partial charge in [-0.3, -0.25) is 14.8 Å². The number of pyridine rings is 2. The molecule has 6 heteroatoms. The molecular formula is C27H23N5O. The van der Waals surface area contributed by atoms with Crippen LogP contribution in [0.3, 0.4) is 0 Å². The van der Waals surface area contributed by atoms with Gasteiger partial charge in [0, 0.05) is 41.6 Å². The van der Waals surface area contributed by atoms with Crippen LogP contribution in [0.1, 0.15) is 27.2 Å². The normalized spacial score (nSPS) is 11.0. The molecule has 0 unspecified atom stereocenters. The number of hydrogen-bond donors (Lipinski definition) is 1. The number of rotatable bonds is 5. The first-order valence-electron chi connectivity index (χ1n) is 10.8. The number of nitrogens with one attached hydrogen (secondary N) is 1. The predicted molar refractivity (Wildman–Crippen MR) is 129 cm³/mol. The van der Waals surface area contributed by atoms with Gasteiger partial charge in [0.1, 0.15) is 0 Å². The fraction of sp³-hybridized carbons (Fsp3) is 0.111. The highest BCUT2D eigenvalue weighted by Crippen LogP contribution is 2.24. The van der Waals surface area contributed by atoms with Crippen LogP contribution in [0.15, 0.2) is 85.3 Å². The molecule has 5 rings (SSSR count). The molecule has 3 heterocycles. The average Bonchev–Trinajstić information content (AvgIpc) is 3.28. The minimum absolute atomic E-state index is 0.156. The first kappa shape index (κ1) is 20.6. The topological polar surface area (TPSA) is 72.7 Å². The van der Waals surface area contributed by atoms with Crippen LogP contribution in [0, 0.1) is 13.8 Å². The van der Waals surface area contributed by atoms with E-state index in [1.54, 1.807) is 12.4 Å². The molecule has 0 saturated heterocycles. The molecule has 0 aliphatic carbocycles. The number of benzene rings is 2. The average molecular weight is 434 g/mol. The molecule has 3 aromatic heterocycles. The van der Waals surface area contributed by atoms with E-state index in [9.17, 15) is 4.79 Å². The molecule has 33 heavy (non-hydrogen) atoms. The van der Waals surface area contributed by atoms with E-state index >= 15 is 0 Å². The predicted octanol–water partition coefficient (Wildman–Crippen LogP) is 5.03. The lowest BCUT2D eigenvalue weighted by molar-refractivity contribution is 0.0950. The summed E-state index contributed by atoms with van der Waals surface area (Å²) in [6.45, 7) is 4.24. The SMILES string of the molecule is Cc1ccc2nc(C)c(C(=O)NCc3cn(-c4ccccc4)nc3-c3ccncc3)cc2c1. The fourth-order valence-electron chi connectivity index (χ4n) is 3.90. The zero-order valence-electron chi connectivity index (χ0n) is 18.5. The third kappa shape index (κ3) is 4.23. The summed E-state index contributed by atoms with van der Waals surface area (Å²) in [6.07, 6.45) is 5.44. The van der Waals surface area contributed by atoms with Crippen LogP contribution in [-0.4, -0.2) is 25.7 Å². The number of aryl methyl sites for hydroxylation is 2. The fourth-order valence-corrected chi connectivity index (χ4v) is 3.90. The van der Waals surface area contributed by atoms with Gasteiger partial charge in [-0.15, -0.1) is 0 Å². The monoisotopic (exact) mass is 433 g/mol. The van der Waals surface area contributed by atoms with Gasteiger partial charge >= 0.3 is 0 Å². The maximum Gasteiger partial charge on any atom is 0.253 e. The first-order valence-corrected chi connectivity index (χ1v) is 10.8. The van der Waals surface area contributed by atoms with Crippen LogP contribution >= 0.6 is 0 Å². The molecule has 162 valence electrons. The maximum atomic E-state index is 13.1. The highest BCUT2D eigenvalue weighted by Gasteiger charge is 2.16. The third-order valence-corrected chi connectivity index (χ3v) is 5.61. The number of carbonyl (C=O) groups excluding carboxylic acids is 1. The van der Waals surface area contributed by atoms with Crippen LogP contribution in [0.2, 0.25) is 0 Å². The summed E-state index contributed by atoms with van der Waals surface area (Å²) in [6, 6.07) is 21.7. The standard InChI is InChI=1S/C27H23N5O/c1-18-8-9-25-21(14-18)15-24(19(2)30-25)27(33)29-16-22-17-32(23-6-4-3-5-7-23)31-26(22)20-10-12-28-13-11-20/h3-15,17H,16H2,1-2H3,(H,29,33). The summed E-state index contributed by atoms with van der Waals surface area (Å²) in [5.74, 6) is -0.156. The Hall–Kier alpha value is -4.32. The van der Waals surface area contributed by atoms with Gasteiger partial charge < -0.3 is 5.32 Å². The molecule has 1 amide bonds. The molecule has 0 spiro atoms. The highest BCUT2D eigenvalue weighted by molar-refractivity contribution is 5.98. The molecule has 0 bridgehead atoms. The maximum absolute atomic E-state index is 13.1. The van der Waals surface area contributed by atoms with Crippen molar-refractivity contribution in [2.45, 2.75) is 20.4 Å². The highest BCUT2D eigenvalue weighted by atomic mass is 16.1. The number of nitrogens with zero attached hydrogens (tertiary/aromatic N) is 4. The lowest BCUT2D eigenvalue weighted by Crippen LogP contribution is -2.24. The Morgan fingerprint density at radius 2 is 1.76 bits per heavy atom. The summed E-state index contributed by atoms with van der Waals surface area (Å²) in [5, 5.41) is 8.82. The lowest BCUT2D eigenvalue weighted by atomic mass is 10.1. The molecule has 5 aromatic rings. The van der Waals surface area contributed by atoms with Gasteiger partial charge in [0.05, 0.1) is 28.2 Å². The van der Waals surface area contributed by atoms with Crippen LogP contribution in [0.4, 0.5) is 0 Å². The number of amides is 1. The largest absolute Gasteiger partial charge is 0.348 e. The van der Waals surface area contributed by atoms with Crippen molar-refractivity contribution in [3.05, 3.63) is 108 Å². The Kier molecular flexibility index (Phi) is 5.40. The molecule has 2 aromatic carbocycles. The second-order valence-electron chi connectivity index (χ2n) is 8.02. The van der Waals surface area contributed by atoms with Crippen LogP contribution in [-0.2, 0) is 6.54 Å². The number of fused-ring (bicyclic) bond motifs is 1. The minimum atomic E-state index is -0.156. The Balaban J connectivity index is 1.45. The number of carbonyl (C=O) groups is 1. The van der Waals surface area contributed by atoms with Crippen molar-refractivity contribution in [2.24, 2.45) is 0 Å². The number of para-hydroxylation sites is 1. The van der Waals surface area contributed by atoms with Gasteiger partial charge in [0.15, 0.2) is 0 Å². The van der Waals surface area contributed by atoms with Gasteiger partial charge in [-0.1, -0.05) is 29.8 Å². The third-order valence-electron chi connectivity index (χ3n) is 5.61. The second-order valence-corrected chi connectivity index (χ2v) is 8.02.